The quantitative estimate of drug-likeness (QED) is 0.870. The van der Waals surface area contributed by atoms with Crippen LogP contribution in [-0.4, -0.2) is 23.8 Å². The second-order valence-corrected chi connectivity index (χ2v) is 5.63. The van der Waals surface area contributed by atoms with Gasteiger partial charge < -0.3 is 10.2 Å². The Morgan fingerprint density at radius 3 is 2.23 bits per heavy atom. The number of anilines is 1. The van der Waals surface area contributed by atoms with Crippen LogP contribution in [0.4, 0.5) is 5.69 Å². The van der Waals surface area contributed by atoms with Crippen molar-refractivity contribution in [2.45, 2.75) is 6.54 Å². The van der Waals surface area contributed by atoms with Gasteiger partial charge in [-0.1, -0.05) is 53.5 Å². The molecule has 2 aromatic rings. The van der Waals surface area contributed by atoms with Crippen LogP contribution in [0.25, 0.3) is 0 Å². The van der Waals surface area contributed by atoms with E-state index in [4.69, 9.17) is 23.2 Å². The lowest BCUT2D eigenvalue weighted by atomic mass is 10.2. The summed E-state index contributed by atoms with van der Waals surface area (Å²) in [5.74, 6) is -1.38. The lowest BCUT2D eigenvalue weighted by molar-refractivity contribution is -0.142. The van der Waals surface area contributed by atoms with Crippen LogP contribution in [-0.2, 0) is 16.1 Å². The molecule has 0 saturated carbocycles. The van der Waals surface area contributed by atoms with Crippen molar-refractivity contribution in [2.24, 2.45) is 0 Å². The van der Waals surface area contributed by atoms with Crippen LogP contribution in [0.15, 0.2) is 48.5 Å². The first-order valence-electron chi connectivity index (χ1n) is 6.52. The third kappa shape index (κ3) is 4.48. The predicted molar refractivity (Wildman–Crippen MR) is 88.0 cm³/mol. The summed E-state index contributed by atoms with van der Waals surface area (Å²) in [5, 5.41) is 3.26. The Bertz CT molecular complexity index is 670. The van der Waals surface area contributed by atoms with Crippen LogP contribution >= 0.6 is 23.2 Å². The lowest BCUT2D eigenvalue weighted by Gasteiger charge is -2.16. The maximum absolute atomic E-state index is 12.1. The van der Waals surface area contributed by atoms with E-state index in [0.717, 1.165) is 5.56 Å². The Labute approximate surface area is 138 Å². The number of hydrogen-bond donors (Lipinski definition) is 1. The van der Waals surface area contributed by atoms with E-state index in [1.807, 2.05) is 30.3 Å². The van der Waals surface area contributed by atoms with Gasteiger partial charge in [0.2, 0.25) is 0 Å². The molecule has 6 heteroatoms. The fourth-order valence-electron chi connectivity index (χ4n) is 1.91. The van der Waals surface area contributed by atoms with Crippen molar-refractivity contribution in [3.05, 3.63) is 64.1 Å². The van der Waals surface area contributed by atoms with Crippen LogP contribution in [0.2, 0.25) is 10.0 Å². The fourth-order valence-corrected chi connectivity index (χ4v) is 2.44. The highest BCUT2D eigenvalue weighted by Gasteiger charge is 2.19. The molecule has 2 amide bonds. The highest BCUT2D eigenvalue weighted by Crippen LogP contribution is 2.22. The second kappa shape index (κ2) is 7.29. The molecule has 0 atom stereocenters. The number of amides is 2. The maximum Gasteiger partial charge on any atom is 0.313 e. The molecule has 22 heavy (non-hydrogen) atoms. The second-order valence-electron chi connectivity index (χ2n) is 4.76. The van der Waals surface area contributed by atoms with Gasteiger partial charge in [0, 0.05) is 29.3 Å². The summed E-state index contributed by atoms with van der Waals surface area (Å²) in [5.41, 5.74) is 1.32. The van der Waals surface area contributed by atoms with Gasteiger partial charge in [0.05, 0.1) is 0 Å². The lowest BCUT2D eigenvalue weighted by Crippen LogP contribution is -2.36. The third-order valence-corrected chi connectivity index (χ3v) is 3.36. The largest absolute Gasteiger partial charge is 0.333 e. The minimum atomic E-state index is -0.739. The zero-order chi connectivity index (χ0) is 16.1. The van der Waals surface area contributed by atoms with Crippen LogP contribution < -0.4 is 5.32 Å². The summed E-state index contributed by atoms with van der Waals surface area (Å²) < 4.78 is 0. The number of likely N-dealkylation sites (N-methyl/N-ethyl adjacent to an activating group) is 1. The Kier molecular flexibility index (Phi) is 5.41. The van der Waals surface area contributed by atoms with Gasteiger partial charge in [-0.15, -0.1) is 0 Å². The number of halogens is 2. The molecule has 0 spiro atoms. The number of hydrogen-bond acceptors (Lipinski definition) is 2. The molecule has 1 N–H and O–H groups in total. The molecule has 0 bridgehead atoms. The van der Waals surface area contributed by atoms with Crippen molar-refractivity contribution < 1.29 is 9.59 Å². The van der Waals surface area contributed by atoms with Crippen LogP contribution in [0.5, 0.6) is 0 Å². The predicted octanol–water partition coefficient (Wildman–Crippen LogP) is 3.59. The average molecular weight is 337 g/mol. The smallest absolute Gasteiger partial charge is 0.313 e. The highest BCUT2D eigenvalue weighted by atomic mass is 35.5. The fraction of sp³-hybridized carbons (Fsp3) is 0.125. The number of nitrogens with one attached hydrogen (secondary N) is 1. The van der Waals surface area contributed by atoms with E-state index < -0.39 is 11.8 Å². The number of benzene rings is 2. The zero-order valence-corrected chi connectivity index (χ0v) is 13.4. The van der Waals surface area contributed by atoms with E-state index in [-0.39, 0.29) is 0 Å². The number of nitrogens with zero attached hydrogens (tertiary/aromatic N) is 1. The molecule has 0 aromatic heterocycles. The molecular weight excluding hydrogens is 323 g/mol. The SMILES string of the molecule is CN(Cc1ccccc1)C(=O)C(=O)Nc1cc(Cl)cc(Cl)c1. The van der Waals surface area contributed by atoms with Gasteiger partial charge >= 0.3 is 11.8 Å². The van der Waals surface area contributed by atoms with Crippen molar-refractivity contribution in [3.8, 4) is 0 Å². The van der Waals surface area contributed by atoms with E-state index >= 15 is 0 Å². The molecule has 0 unspecified atom stereocenters. The van der Waals surface area contributed by atoms with Crippen molar-refractivity contribution >= 4 is 40.7 Å². The van der Waals surface area contributed by atoms with Crippen molar-refractivity contribution in [2.75, 3.05) is 12.4 Å². The molecule has 4 nitrogen and oxygen atoms in total. The van der Waals surface area contributed by atoms with Crippen LogP contribution in [0, 0.1) is 0 Å². The molecule has 2 aromatic carbocycles. The zero-order valence-electron chi connectivity index (χ0n) is 11.8. The first-order chi connectivity index (χ1) is 10.5. The monoisotopic (exact) mass is 336 g/mol. The third-order valence-electron chi connectivity index (χ3n) is 2.92. The molecule has 0 fully saturated rings. The van der Waals surface area contributed by atoms with Gasteiger partial charge in [-0.25, -0.2) is 0 Å². The number of carbonyl (C=O) groups is 2. The molecule has 0 saturated heterocycles. The molecule has 0 heterocycles. The molecule has 0 radical (unpaired) electrons. The Balaban J connectivity index is 2.01. The minimum absolute atomic E-state index is 0.351. The normalized spacial score (nSPS) is 10.1. The van der Waals surface area contributed by atoms with Crippen molar-refractivity contribution in [3.63, 3.8) is 0 Å². The van der Waals surface area contributed by atoms with Gasteiger partial charge in [0.15, 0.2) is 0 Å². The van der Waals surface area contributed by atoms with E-state index in [2.05, 4.69) is 5.32 Å². The molecular formula is C16H14Cl2N2O2. The summed E-state index contributed by atoms with van der Waals surface area (Å²) in [6.45, 7) is 0.351. The number of carbonyl (C=O) groups excluding carboxylic acids is 2. The van der Waals surface area contributed by atoms with E-state index in [1.165, 1.54) is 17.0 Å². The number of rotatable bonds is 3. The van der Waals surface area contributed by atoms with Gasteiger partial charge in [0.1, 0.15) is 0 Å². The Hall–Kier alpha value is -2.04. The summed E-state index contributed by atoms with van der Waals surface area (Å²) in [6.07, 6.45) is 0. The van der Waals surface area contributed by atoms with E-state index in [1.54, 1.807) is 13.1 Å². The average Bonchev–Trinajstić information content (AvgIpc) is 2.46. The van der Waals surface area contributed by atoms with Crippen LogP contribution in [0.1, 0.15) is 5.56 Å². The molecule has 0 aliphatic rings. The van der Waals surface area contributed by atoms with Crippen molar-refractivity contribution in [1.29, 1.82) is 0 Å². The first kappa shape index (κ1) is 16.3. The van der Waals surface area contributed by atoms with Crippen molar-refractivity contribution in [1.82, 2.24) is 4.90 Å². The van der Waals surface area contributed by atoms with Gasteiger partial charge in [-0.3, -0.25) is 9.59 Å². The molecule has 0 aliphatic carbocycles. The Morgan fingerprint density at radius 2 is 1.64 bits per heavy atom. The summed E-state index contributed by atoms with van der Waals surface area (Å²) in [7, 11) is 1.57. The van der Waals surface area contributed by atoms with Crippen LogP contribution in [0.3, 0.4) is 0 Å². The highest BCUT2D eigenvalue weighted by molar-refractivity contribution is 6.40. The minimum Gasteiger partial charge on any atom is -0.333 e. The van der Waals surface area contributed by atoms with E-state index in [9.17, 15) is 9.59 Å². The van der Waals surface area contributed by atoms with E-state index in [0.29, 0.717) is 22.3 Å². The first-order valence-corrected chi connectivity index (χ1v) is 7.28. The molecule has 2 rings (SSSR count). The molecule has 0 aliphatic heterocycles. The standard InChI is InChI=1S/C16H14Cl2N2O2/c1-20(10-11-5-3-2-4-6-11)16(22)15(21)19-14-8-12(17)7-13(18)9-14/h2-9H,10H2,1H3,(H,19,21). The Morgan fingerprint density at radius 1 is 1.05 bits per heavy atom. The van der Waals surface area contributed by atoms with Gasteiger partial charge in [0.25, 0.3) is 0 Å². The summed E-state index contributed by atoms with van der Waals surface area (Å²) in [4.78, 5) is 25.4. The maximum atomic E-state index is 12.1. The summed E-state index contributed by atoms with van der Waals surface area (Å²) in [6, 6.07) is 14.0. The topological polar surface area (TPSA) is 49.4 Å². The van der Waals surface area contributed by atoms with Gasteiger partial charge in [-0.05, 0) is 23.8 Å². The summed E-state index contributed by atoms with van der Waals surface area (Å²) >= 11 is 11.7. The molecule has 114 valence electrons. The van der Waals surface area contributed by atoms with Gasteiger partial charge in [-0.2, -0.15) is 0 Å².